The molecule has 0 amide bonds. The molecule has 1 aromatic rings. The van der Waals surface area contributed by atoms with E-state index in [1.54, 1.807) is 14.0 Å². The molecule has 0 atom stereocenters. The Hall–Kier alpha value is -1.85. The van der Waals surface area contributed by atoms with Crippen LogP contribution in [0.5, 0.6) is 0 Å². The summed E-state index contributed by atoms with van der Waals surface area (Å²) in [5.41, 5.74) is 0.864. The minimum Gasteiger partial charge on any atom is -0.466 e. The fraction of sp³-hybridized carbons (Fsp3) is 0.545. The Morgan fingerprint density at radius 1 is 1.47 bits per heavy atom. The Morgan fingerprint density at radius 3 is 2.88 bits per heavy atom. The molecule has 1 aromatic heterocycles. The Balaban J connectivity index is 2.46. The molecule has 6 heteroatoms. The third-order valence-electron chi connectivity index (χ3n) is 2.02. The summed E-state index contributed by atoms with van der Waals surface area (Å²) in [7, 11) is 1.76. The van der Waals surface area contributed by atoms with Gasteiger partial charge in [-0.2, -0.15) is 4.98 Å². The van der Waals surface area contributed by atoms with Crippen molar-refractivity contribution in [2.75, 3.05) is 30.8 Å². The number of ether oxygens (including phenoxy) is 1. The number of anilines is 2. The molecule has 0 saturated heterocycles. The summed E-state index contributed by atoms with van der Waals surface area (Å²) in [4.78, 5) is 19.5. The van der Waals surface area contributed by atoms with Gasteiger partial charge in [0.05, 0.1) is 13.0 Å². The lowest BCUT2D eigenvalue weighted by atomic mass is 10.4. The van der Waals surface area contributed by atoms with Crippen LogP contribution in [0.3, 0.4) is 0 Å². The molecule has 0 aromatic carbocycles. The lowest BCUT2D eigenvalue weighted by Crippen LogP contribution is -2.12. The van der Waals surface area contributed by atoms with Crippen molar-refractivity contribution in [2.24, 2.45) is 0 Å². The first-order valence-electron chi connectivity index (χ1n) is 5.58. The smallest absolute Gasteiger partial charge is 0.307 e. The van der Waals surface area contributed by atoms with Gasteiger partial charge in [-0.3, -0.25) is 4.79 Å². The predicted octanol–water partition coefficient (Wildman–Crippen LogP) is 1.19. The monoisotopic (exact) mass is 238 g/mol. The second kappa shape index (κ2) is 6.67. The quantitative estimate of drug-likeness (QED) is 0.725. The molecular formula is C11H18N4O2. The zero-order valence-electron chi connectivity index (χ0n) is 10.4. The largest absolute Gasteiger partial charge is 0.466 e. The lowest BCUT2D eigenvalue weighted by molar-refractivity contribution is -0.142. The van der Waals surface area contributed by atoms with Gasteiger partial charge in [-0.25, -0.2) is 4.98 Å². The Labute approximate surface area is 101 Å². The summed E-state index contributed by atoms with van der Waals surface area (Å²) >= 11 is 0. The van der Waals surface area contributed by atoms with E-state index in [0.29, 0.717) is 31.3 Å². The molecule has 0 radical (unpaired) electrons. The molecule has 2 N–H and O–H groups in total. The van der Waals surface area contributed by atoms with Crippen molar-refractivity contribution in [1.82, 2.24) is 9.97 Å². The van der Waals surface area contributed by atoms with Crippen LogP contribution in [-0.2, 0) is 9.53 Å². The summed E-state index contributed by atoms with van der Waals surface area (Å²) in [5.74, 6) is 1.05. The molecule has 0 aliphatic carbocycles. The SMILES string of the molecule is CCOC(=O)CCNc1cc(C)nc(NC)n1. The van der Waals surface area contributed by atoms with E-state index < -0.39 is 0 Å². The molecular weight excluding hydrogens is 220 g/mol. The van der Waals surface area contributed by atoms with Crippen LogP contribution in [0, 0.1) is 6.92 Å². The number of nitrogens with zero attached hydrogens (tertiary/aromatic N) is 2. The van der Waals surface area contributed by atoms with Crippen molar-refractivity contribution in [3.63, 3.8) is 0 Å². The molecule has 0 unspecified atom stereocenters. The Kier molecular flexibility index (Phi) is 5.19. The molecule has 0 saturated carbocycles. The van der Waals surface area contributed by atoms with Gasteiger partial charge in [0.15, 0.2) is 0 Å². The van der Waals surface area contributed by atoms with E-state index in [1.807, 2.05) is 13.0 Å². The molecule has 1 heterocycles. The highest BCUT2D eigenvalue weighted by molar-refractivity contribution is 5.69. The topological polar surface area (TPSA) is 76.1 Å². The Bertz CT molecular complexity index is 382. The van der Waals surface area contributed by atoms with Crippen LogP contribution in [0.15, 0.2) is 6.07 Å². The van der Waals surface area contributed by atoms with Gasteiger partial charge in [0.25, 0.3) is 0 Å². The highest BCUT2D eigenvalue weighted by Crippen LogP contribution is 2.08. The first-order chi connectivity index (χ1) is 8.15. The van der Waals surface area contributed by atoms with E-state index in [0.717, 1.165) is 5.69 Å². The van der Waals surface area contributed by atoms with Crippen LogP contribution >= 0.6 is 0 Å². The maximum atomic E-state index is 11.1. The summed E-state index contributed by atoms with van der Waals surface area (Å²) in [5, 5.41) is 5.93. The first kappa shape index (κ1) is 13.2. The minimum atomic E-state index is -0.209. The zero-order chi connectivity index (χ0) is 12.7. The number of aromatic nitrogens is 2. The fourth-order valence-electron chi connectivity index (χ4n) is 1.30. The van der Waals surface area contributed by atoms with E-state index in [9.17, 15) is 4.79 Å². The highest BCUT2D eigenvalue weighted by atomic mass is 16.5. The summed E-state index contributed by atoms with van der Waals surface area (Å²) in [6.45, 7) is 4.59. The third kappa shape index (κ3) is 4.67. The molecule has 0 aliphatic heterocycles. The molecule has 1 rings (SSSR count). The van der Waals surface area contributed by atoms with Gasteiger partial charge in [-0.05, 0) is 13.8 Å². The van der Waals surface area contributed by atoms with Crippen LogP contribution < -0.4 is 10.6 Å². The number of rotatable bonds is 6. The van der Waals surface area contributed by atoms with Gasteiger partial charge in [0.2, 0.25) is 5.95 Å². The van der Waals surface area contributed by atoms with Gasteiger partial charge in [0.1, 0.15) is 5.82 Å². The number of hydrogen-bond donors (Lipinski definition) is 2. The molecule has 6 nitrogen and oxygen atoms in total. The maximum absolute atomic E-state index is 11.1. The van der Waals surface area contributed by atoms with Crippen molar-refractivity contribution in [1.29, 1.82) is 0 Å². The third-order valence-corrected chi connectivity index (χ3v) is 2.02. The minimum absolute atomic E-state index is 0.209. The summed E-state index contributed by atoms with van der Waals surface area (Å²) in [6.07, 6.45) is 0.325. The number of esters is 1. The van der Waals surface area contributed by atoms with E-state index in [1.165, 1.54) is 0 Å². The highest BCUT2D eigenvalue weighted by Gasteiger charge is 2.03. The van der Waals surface area contributed by atoms with Crippen LogP contribution in [0.2, 0.25) is 0 Å². The number of carbonyl (C=O) groups excluding carboxylic acids is 1. The van der Waals surface area contributed by atoms with Crippen LogP contribution in [0.1, 0.15) is 19.0 Å². The number of aryl methyl sites for hydroxylation is 1. The van der Waals surface area contributed by atoms with E-state index in [-0.39, 0.29) is 5.97 Å². The van der Waals surface area contributed by atoms with Gasteiger partial charge < -0.3 is 15.4 Å². The molecule has 0 spiro atoms. The summed E-state index contributed by atoms with van der Waals surface area (Å²) in [6, 6.07) is 1.83. The normalized spacial score (nSPS) is 9.82. The van der Waals surface area contributed by atoms with E-state index >= 15 is 0 Å². The van der Waals surface area contributed by atoms with Crippen LogP contribution in [0.4, 0.5) is 11.8 Å². The zero-order valence-corrected chi connectivity index (χ0v) is 10.4. The van der Waals surface area contributed by atoms with Crippen LogP contribution in [0.25, 0.3) is 0 Å². The second-order valence-corrected chi connectivity index (χ2v) is 3.45. The Morgan fingerprint density at radius 2 is 2.24 bits per heavy atom. The molecule has 94 valence electrons. The van der Waals surface area contributed by atoms with Gasteiger partial charge >= 0.3 is 5.97 Å². The number of nitrogens with one attached hydrogen (secondary N) is 2. The molecule has 17 heavy (non-hydrogen) atoms. The average molecular weight is 238 g/mol. The van der Waals surface area contributed by atoms with Crippen molar-refractivity contribution < 1.29 is 9.53 Å². The van der Waals surface area contributed by atoms with Crippen molar-refractivity contribution in [3.05, 3.63) is 11.8 Å². The van der Waals surface area contributed by atoms with E-state index in [4.69, 9.17) is 4.74 Å². The number of hydrogen-bond acceptors (Lipinski definition) is 6. The number of carbonyl (C=O) groups is 1. The van der Waals surface area contributed by atoms with Gasteiger partial charge in [-0.15, -0.1) is 0 Å². The fourth-order valence-corrected chi connectivity index (χ4v) is 1.30. The van der Waals surface area contributed by atoms with Crippen molar-refractivity contribution in [2.45, 2.75) is 20.3 Å². The van der Waals surface area contributed by atoms with E-state index in [2.05, 4.69) is 20.6 Å². The average Bonchev–Trinajstić information content (AvgIpc) is 2.28. The van der Waals surface area contributed by atoms with Gasteiger partial charge in [0, 0.05) is 25.4 Å². The first-order valence-corrected chi connectivity index (χ1v) is 5.58. The maximum Gasteiger partial charge on any atom is 0.307 e. The lowest BCUT2D eigenvalue weighted by Gasteiger charge is -2.07. The molecule has 0 aliphatic rings. The van der Waals surface area contributed by atoms with Crippen molar-refractivity contribution >= 4 is 17.7 Å². The second-order valence-electron chi connectivity index (χ2n) is 3.45. The van der Waals surface area contributed by atoms with Crippen molar-refractivity contribution in [3.8, 4) is 0 Å². The van der Waals surface area contributed by atoms with Crippen LogP contribution in [-0.4, -0.2) is 36.1 Å². The molecule has 0 bridgehead atoms. The predicted molar refractivity (Wildman–Crippen MR) is 66.1 cm³/mol. The summed E-state index contributed by atoms with van der Waals surface area (Å²) < 4.78 is 4.82. The molecule has 0 fully saturated rings. The van der Waals surface area contributed by atoms with Gasteiger partial charge in [-0.1, -0.05) is 0 Å². The standard InChI is InChI=1S/C11H18N4O2/c1-4-17-10(16)5-6-13-9-7-8(2)14-11(12-3)15-9/h7H,4-6H2,1-3H3,(H2,12,13,14,15).